The van der Waals surface area contributed by atoms with Gasteiger partial charge in [0.2, 0.25) is 0 Å². The van der Waals surface area contributed by atoms with Crippen LogP contribution in [0.3, 0.4) is 0 Å². The Morgan fingerprint density at radius 2 is 2.00 bits per heavy atom. The minimum absolute atomic E-state index is 0.0109. The Balaban J connectivity index is 4.17. The molecule has 0 aromatic heterocycles. The van der Waals surface area contributed by atoms with Crippen LogP contribution in [-0.4, -0.2) is 22.8 Å². The summed E-state index contributed by atoms with van der Waals surface area (Å²) in [6.45, 7) is 10.7. The molecule has 0 rings (SSSR count). The number of hydrogen-bond donors (Lipinski definition) is 1. The smallest absolute Gasteiger partial charge is 0.333 e. The normalized spacial score (nSPS) is 13.7. The molecule has 0 aromatic rings. The molecule has 1 atom stereocenters. The van der Waals surface area contributed by atoms with Crippen molar-refractivity contribution in [1.82, 2.24) is 0 Å². The summed E-state index contributed by atoms with van der Waals surface area (Å²) in [5, 5.41) is 8.68. The summed E-state index contributed by atoms with van der Waals surface area (Å²) in [5.74, 6) is -1.06. The van der Waals surface area contributed by atoms with Crippen molar-refractivity contribution in [2.24, 2.45) is 0 Å². The highest BCUT2D eigenvalue weighted by atomic mass is 17.2. The van der Waals surface area contributed by atoms with Crippen LogP contribution in [-0.2, 0) is 14.6 Å². The molecule has 0 aliphatic carbocycles. The Hall–Kier alpha value is -0.870. The first-order valence-corrected chi connectivity index (χ1v) is 4.54. The van der Waals surface area contributed by atoms with Crippen LogP contribution in [0.4, 0.5) is 0 Å². The lowest BCUT2D eigenvalue weighted by atomic mass is 10.1. The second-order valence-electron chi connectivity index (χ2n) is 4.02. The second kappa shape index (κ2) is 5.12. The van der Waals surface area contributed by atoms with E-state index in [9.17, 15) is 4.79 Å². The van der Waals surface area contributed by atoms with Gasteiger partial charge in [-0.15, -0.1) is 0 Å². The van der Waals surface area contributed by atoms with Crippen molar-refractivity contribution in [3.05, 3.63) is 12.2 Å². The van der Waals surface area contributed by atoms with Gasteiger partial charge in [-0.05, 0) is 27.2 Å². The van der Waals surface area contributed by atoms with Crippen molar-refractivity contribution in [2.75, 3.05) is 0 Å². The molecule has 0 aliphatic heterocycles. The van der Waals surface area contributed by atoms with E-state index in [-0.39, 0.29) is 5.57 Å². The van der Waals surface area contributed by atoms with Gasteiger partial charge in [-0.1, -0.05) is 13.5 Å². The summed E-state index contributed by atoms with van der Waals surface area (Å²) in [6.07, 6.45) is -0.0759. The molecule has 0 spiro atoms. The molecule has 14 heavy (non-hydrogen) atoms. The SMILES string of the molecule is C=C(C(=O)O)C(CC)OOC(C)(C)C. The van der Waals surface area contributed by atoms with Crippen molar-refractivity contribution < 1.29 is 19.7 Å². The van der Waals surface area contributed by atoms with Crippen molar-refractivity contribution in [3.63, 3.8) is 0 Å². The van der Waals surface area contributed by atoms with E-state index in [1.54, 1.807) is 0 Å². The summed E-state index contributed by atoms with van der Waals surface area (Å²) in [5.41, 5.74) is -0.441. The molecule has 0 aromatic carbocycles. The highest BCUT2D eigenvalue weighted by Crippen LogP contribution is 2.15. The lowest BCUT2D eigenvalue weighted by molar-refractivity contribution is -0.366. The minimum Gasteiger partial charge on any atom is -0.478 e. The third-order valence-corrected chi connectivity index (χ3v) is 1.45. The molecular formula is C10H18O4. The van der Waals surface area contributed by atoms with Crippen LogP contribution in [0.5, 0.6) is 0 Å². The predicted octanol–water partition coefficient (Wildman–Crippen LogP) is 2.15. The van der Waals surface area contributed by atoms with Crippen LogP contribution in [0.15, 0.2) is 12.2 Å². The third kappa shape index (κ3) is 4.99. The molecule has 0 bridgehead atoms. The Bertz CT molecular complexity index is 215. The molecule has 0 fully saturated rings. The van der Waals surface area contributed by atoms with Gasteiger partial charge in [-0.25, -0.2) is 14.6 Å². The average molecular weight is 202 g/mol. The van der Waals surface area contributed by atoms with Gasteiger partial charge in [0.05, 0.1) is 11.2 Å². The van der Waals surface area contributed by atoms with E-state index in [1.807, 2.05) is 27.7 Å². The zero-order valence-corrected chi connectivity index (χ0v) is 9.16. The van der Waals surface area contributed by atoms with Crippen LogP contribution in [0.1, 0.15) is 34.1 Å². The van der Waals surface area contributed by atoms with Gasteiger partial charge in [0.25, 0.3) is 0 Å². The average Bonchev–Trinajstić information content (AvgIpc) is 2.02. The zero-order valence-electron chi connectivity index (χ0n) is 9.16. The van der Waals surface area contributed by atoms with E-state index in [4.69, 9.17) is 14.9 Å². The van der Waals surface area contributed by atoms with Gasteiger partial charge in [-0.2, -0.15) is 0 Å². The highest BCUT2D eigenvalue weighted by Gasteiger charge is 2.21. The minimum atomic E-state index is -1.06. The molecule has 0 aliphatic rings. The molecule has 0 saturated heterocycles. The second-order valence-corrected chi connectivity index (χ2v) is 4.02. The maximum Gasteiger partial charge on any atom is 0.333 e. The van der Waals surface area contributed by atoms with E-state index in [2.05, 4.69) is 6.58 Å². The van der Waals surface area contributed by atoms with Crippen molar-refractivity contribution in [2.45, 2.75) is 45.8 Å². The predicted molar refractivity (Wildman–Crippen MR) is 52.8 cm³/mol. The van der Waals surface area contributed by atoms with Gasteiger partial charge in [-0.3, -0.25) is 0 Å². The molecule has 1 unspecified atom stereocenters. The summed E-state index contributed by atoms with van der Waals surface area (Å²) in [7, 11) is 0. The number of carbonyl (C=O) groups is 1. The Labute approximate surface area is 84.4 Å². The molecule has 0 amide bonds. The van der Waals surface area contributed by atoms with E-state index in [0.717, 1.165) is 0 Å². The molecule has 4 heteroatoms. The number of rotatable bonds is 5. The molecule has 82 valence electrons. The maximum atomic E-state index is 10.6. The van der Waals surface area contributed by atoms with Gasteiger partial charge in [0.1, 0.15) is 6.10 Å². The molecule has 0 saturated carbocycles. The fraction of sp³-hybridized carbons (Fsp3) is 0.700. The first-order valence-electron chi connectivity index (χ1n) is 4.54. The number of hydrogen-bond acceptors (Lipinski definition) is 3. The number of carboxylic acids is 1. The lowest BCUT2D eigenvalue weighted by Crippen LogP contribution is -2.27. The summed E-state index contributed by atoms with van der Waals surface area (Å²) in [4.78, 5) is 20.6. The Morgan fingerprint density at radius 1 is 1.50 bits per heavy atom. The van der Waals surface area contributed by atoms with E-state index >= 15 is 0 Å². The summed E-state index contributed by atoms with van der Waals surface area (Å²) >= 11 is 0. The Kier molecular flexibility index (Phi) is 4.80. The summed E-state index contributed by atoms with van der Waals surface area (Å²) < 4.78 is 0. The van der Waals surface area contributed by atoms with Crippen molar-refractivity contribution in [3.8, 4) is 0 Å². The molecule has 0 radical (unpaired) electrons. The zero-order chi connectivity index (χ0) is 11.4. The fourth-order valence-corrected chi connectivity index (χ4v) is 0.713. The van der Waals surface area contributed by atoms with Crippen molar-refractivity contribution >= 4 is 5.97 Å². The topological polar surface area (TPSA) is 55.8 Å². The Morgan fingerprint density at radius 3 is 2.29 bits per heavy atom. The molecule has 0 heterocycles. The van der Waals surface area contributed by atoms with Crippen molar-refractivity contribution in [1.29, 1.82) is 0 Å². The largest absolute Gasteiger partial charge is 0.478 e. The monoisotopic (exact) mass is 202 g/mol. The molecule has 4 nitrogen and oxygen atoms in total. The van der Waals surface area contributed by atoms with Crippen LogP contribution >= 0.6 is 0 Å². The first kappa shape index (κ1) is 13.1. The maximum absolute atomic E-state index is 10.6. The van der Waals surface area contributed by atoms with Crippen LogP contribution < -0.4 is 0 Å². The van der Waals surface area contributed by atoms with Crippen LogP contribution in [0.2, 0.25) is 0 Å². The van der Waals surface area contributed by atoms with Gasteiger partial charge >= 0.3 is 5.97 Å². The van der Waals surface area contributed by atoms with Gasteiger partial charge < -0.3 is 5.11 Å². The third-order valence-electron chi connectivity index (χ3n) is 1.45. The van der Waals surface area contributed by atoms with E-state index in [1.165, 1.54) is 0 Å². The number of aliphatic carboxylic acids is 1. The fourth-order valence-electron chi connectivity index (χ4n) is 0.713. The molecular weight excluding hydrogens is 184 g/mol. The lowest BCUT2D eigenvalue weighted by Gasteiger charge is -2.22. The standard InChI is InChI=1S/C10H18O4/c1-6-8(7(2)9(11)12)13-14-10(3,4)5/h8H,2,6H2,1,3-5H3,(H,11,12). The van der Waals surface area contributed by atoms with E-state index in [0.29, 0.717) is 6.42 Å². The summed E-state index contributed by atoms with van der Waals surface area (Å²) in [6, 6.07) is 0. The van der Waals surface area contributed by atoms with Gasteiger partial charge in [0.15, 0.2) is 0 Å². The first-order chi connectivity index (χ1) is 6.28. The van der Waals surface area contributed by atoms with E-state index < -0.39 is 17.7 Å². The quantitative estimate of drug-likeness (QED) is 0.421. The van der Waals surface area contributed by atoms with Gasteiger partial charge in [0, 0.05) is 0 Å². The van der Waals surface area contributed by atoms with Crippen LogP contribution in [0.25, 0.3) is 0 Å². The number of carboxylic acid groups (broad SMARTS) is 1. The molecule has 1 N–H and O–H groups in total. The highest BCUT2D eigenvalue weighted by molar-refractivity contribution is 5.86. The van der Waals surface area contributed by atoms with Crippen LogP contribution in [0, 0.1) is 0 Å².